The molecule has 0 saturated heterocycles. The Morgan fingerprint density at radius 3 is 2.92 bits per heavy atom. The molecule has 0 aliphatic carbocycles. The summed E-state index contributed by atoms with van der Waals surface area (Å²) in [6.07, 6.45) is 7.20. The lowest BCUT2D eigenvalue weighted by Gasteiger charge is -2.29. The van der Waals surface area contributed by atoms with Crippen LogP contribution in [-0.4, -0.2) is 19.4 Å². The second-order valence-electron chi connectivity index (χ2n) is 3.26. The maximum Gasteiger partial charge on any atom is 0.105 e. The molecule has 4 heteroatoms. The van der Waals surface area contributed by atoms with Crippen molar-refractivity contribution in [2.45, 2.75) is 18.5 Å². The average Bonchev–Trinajstić information content (AvgIpc) is 2.12. The summed E-state index contributed by atoms with van der Waals surface area (Å²) in [6, 6.07) is 0. The van der Waals surface area contributed by atoms with Gasteiger partial charge in [0.2, 0.25) is 0 Å². The molecule has 1 atom stereocenters. The molecule has 0 radical (unpaired) electrons. The van der Waals surface area contributed by atoms with Crippen molar-refractivity contribution in [1.82, 2.24) is 5.32 Å². The highest BCUT2D eigenvalue weighted by Gasteiger charge is 2.20. The molecule has 1 heterocycles. The Balaban J connectivity index is 2.37. The molecular weight excluding hydrogens is 166 g/mol. The molecule has 0 aromatic carbocycles. The molecule has 0 aromatic rings. The third-order valence-electron chi connectivity index (χ3n) is 2.02. The van der Waals surface area contributed by atoms with Gasteiger partial charge in [0.05, 0.1) is 0 Å². The van der Waals surface area contributed by atoms with Crippen molar-refractivity contribution in [3.63, 3.8) is 0 Å². The van der Waals surface area contributed by atoms with Crippen LogP contribution in [0.1, 0.15) is 12.8 Å². The van der Waals surface area contributed by atoms with E-state index in [1.807, 2.05) is 12.2 Å². The predicted molar refractivity (Wildman–Crippen MR) is 52.6 cm³/mol. The van der Waals surface area contributed by atoms with Gasteiger partial charge in [0.25, 0.3) is 0 Å². The topological polar surface area (TPSA) is 73.3 Å². The summed E-state index contributed by atoms with van der Waals surface area (Å²) in [4.78, 5) is 0. The Morgan fingerprint density at radius 1 is 1.62 bits per heavy atom. The van der Waals surface area contributed by atoms with Crippen LogP contribution >= 0.6 is 0 Å². The molecule has 4 nitrogen and oxygen atoms in total. The second-order valence-corrected chi connectivity index (χ2v) is 3.26. The standard InChI is InChI=1S/C9H17N3O/c1-13-6-2-4-9(11)5-3-8(10)7-12-9/h3,5,7,12H,2,4,6,10-11H2,1H3. The zero-order valence-electron chi connectivity index (χ0n) is 7.92. The molecule has 5 N–H and O–H groups in total. The van der Waals surface area contributed by atoms with Gasteiger partial charge in [-0.15, -0.1) is 0 Å². The van der Waals surface area contributed by atoms with Crippen molar-refractivity contribution in [2.75, 3.05) is 13.7 Å². The Kier molecular flexibility index (Phi) is 3.33. The third-order valence-corrected chi connectivity index (χ3v) is 2.02. The Hall–Kier alpha value is -1.00. The van der Waals surface area contributed by atoms with E-state index in [9.17, 15) is 0 Å². The maximum absolute atomic E-state index is 6.01. The second kappa shape index (κ2) is 4.30. The Morgan fingerprint density at radius 2 is 2.38 bits per heavy atom. The first-order chi connectivity index (χ1) is 6.16. The fourth-order valence-corrected chi connectivity index (χ4v) is 1.22. The first kappa shape index (κ1) is 10.1. The summed E-state index contributed by atoms with van der Waals surface area (Å²) in [7, 11) is 1.69. The fourth-order valence-electron chi connectivity index (χ4n) is 1.22. The summed E-state index contributed by atoms with van der Waals surface area (Å²) in [5.41, 5.74) is 11.8. The number of nitrogens with two attached hydrogens (primary N) is 2. The molecule has 0 amide bonds. The molecule has 0 fully saturated rings. The van der Waals surface area contributed by atoms with Crippen LogP contribution in [0, 0.1) is 0 Å². The molecule has 0 aromatic heterocycles. The Labute approximate surface area is 78.6 Å². The third kappa shape index (κ3) is 3.08. The lowest BCUT2D eigenvalue weighted by molar-refractivity contribution is 0.185. The zero-order valence-corrected chi connectivity index (χ0v) is 7.92. The van der Waals surface area contributed by atoms with Gasteiger partial charge in [0.15, 0.2) is 0 Å². The van der Waals surface area contributed by atoms with E-state index in [0.29, 0.717) is 5.70 Å². The van der Waals surface area contributed by atoms with Crippen molar-refractivity contribution in [3.05, 3.63) is 24.0 Å². The highest BCUT2D eigenvalue weighted by molar-refractivity contribution is 5.24. The maximum atomic E-state index is 6.01. The van der Waals surface area contributed by atoms with Gasteiger partial charge in [-0.1, -0.05) is 0 Å². The van der Waals surface area contributed by atoms with Crippen LogP contribution in [-0.2, 0) is 4.74 Å². The van der Waals surface area contributed by atoms with Gasteiger partial charge >= 0.3 is 0 Å². The molecule has 1 aliphatic heterocycles. The lowest BCUT2D eigenvalue weighted by Crippen LogP contribution is -2.51. The summed E-state index contributed by atoms with van der Waals surface area (Å²) in [5, 5.41) is 3.05. The molecular formula is C9H17N3O. The fraction of sp³-hybridized carbons (Fsp3) is 0.556. The normalized spacial score (nSPS) is 26.8. The van der Waals surface area contributed by atoms with Crippen molar-refractivity contribution in [3.8, 4) is 0 Å². The number of rotatable bonds is 4. The number of hydrogen-bond donors (Lipinski definition) is 3. The number of dihydropyridines is 1. The van der Waals surface area contributed by atoms with Gasteiger partial charge < -0.3 is 21.5 Å². The van der Waals surface area contributed by atoms with Gasteiger partial charge in [0.1, 0.15) is 5.66 Å². The number of hydrogen-bond acceptors (Lipinski definition) is 4. The highest BCUT2D eigenvalue weighted by atomic mass is 16.5. The average molecular weight is 183 g/mol. The molecule has 13 heavy (non-hydrogen) atoms. The van der Waals surface area contributed by atoms with E-state index in [0.717, 1.165) is 19.4 Å². The molecule has 0 saturated carbocycles. The predicted octanol–water partition coefficient (Wildman–Crippen LogP) is 0.0275. The monoisotopic (exact) mass is 183 g/mol. The SMILES string of the molecule is COCCCC1(N)C=CC(N)=CN1. The zero-order chi connectivity index (χ0) is 9.73. The molecule has 1 aliphatic rings. The van der Waals surface area contributed by atoms with Crippen LogP contribution in [0.25, 0.3) is 0 Å². The quantitative estimate of drug-likeness (QED) is 0.537. The van der Waals surface area contributed by atoms with E-state index >= 15 is 0 Å². The van der Waals surface area contributed by atoms with Gasteiger partial charge in [0, 0.05) is 25.6 Å². The number of methoxy groups -OCH3 is 1. The van der Waals surface area contributed by atoms with Crippen molar-refractivity contribution in [2.24, 2.45) is 11.5 Å². The van der Waals surface area contributed by atoms with Crippen LogP contribution in [0.3, 0.4) is 0 Å². The van der Waals surface area contributed by atoms with E-state index < -0.39 is 5.66 Å². The number of nitrogens with one attached hydrogen (secondary N) is 1. The number of ether oxygens (including phenoxy) is 1. The van der Waals surface area contributed by atoms with Crippen molar-refractivity contribution in [1.29, 1.82) is 0 Å². The molecule has 1 rings (SSSR count). The summed E-state index contributed by atoms with van der Waals surface area (Å²) >= 11 is 0. The van der Waals surface area contributed by atoms with Gasteiger partial charge in [-0.3, -0.25) is 0 Å². The smallest absolute Gasteiger partial charge is 0.105 e. The minimum absolute atomic E-state index is 0.457. The summed E-state index contributed by atoms with van der Waals surface area (Å²) in [6.45, 7) is 0.730. The summed E-state index contributed by atoms with van der Waals surface area (Å²) < 4.78 is 4.95. The molecule has 1 unspecified atom stereocenters. The van der Waals surface area contributed by atoms with Gasteiger partial charge in [-0.05, 0) is 25.0 Å². The van der Waals surface area contributed by atoms with E-state index in [-0.39, 0.29) is 0 Å². The largest absolute Gasteiger partial charge is 0.398 e. The summed E-state index contributed by atoms with van der Waals surface area (Å²) in [5.74, 6) is 0. The highest BCUT2D eigenvalue weighted by Crippen LogP contribution is 2.12. The van der Waals surface area contributed by atoms with E-state index in [2.05, 4.69) is 5.32 Å². The van der Waals surface area contributed by atoms with E-state index in [1.165, 1.54) is 0 Å². The van der Waals surface area contributed by atoms with Gasteiger partial charge in [-0.2, -0.15) is 0 Å². The van der Waals surface area contributed by atoms with E-state index in [1.54, 1.807) is 13.3 Å². The lowest BCUT2D eigenvalue weighted by atomic mass is 10.0. The van der Waals surface area contributed by atoms with Crippen LogP contribution < -0.4 is 16.8 Å². The number of allylic oxidation sites excluding steroid dienone is 1. The van der Waals surface area contributed by atoms with Crippen LogP contribution in [0.4, 0.5) is 0 Å². The van der Waals surface area contributed by atoms with Crippen LogP contribution in [0.2, 0.25) is 0 Å². The van der Waals surface area contributed by atoms with Crippen molar-refractivity contribution >= 4 is 0 Å². The van der Waals surface area contributed by atoms with Crippen LogP contribution in [0.5, 0.6) is 0 Å². The van der Waals surface area contributed by atoms with Gasteiger partial charge in [-0.25, -0.2) is 0 Å². The first-order valence-electron chi connectivity index (χ1n) is 4.37. The minimum atomic E-state index is -0.457. The molecule has 0 bridgehead atoms. The van der Waals surface area contributed by atoms with Crippen molar-refractivity contribution < 1.29 is 4.74 Å². The molecule has 74 valence electrons. The Bertz CT molecular complexity index is 225. The minimum Gasteiger partial charge on any atom is -0.398 e. The van der Waals surface area contributed by atoms with Crippen LogP contribution in [0.15, 0.2) is 24.0 Å². The van der Waals surface area contributed by atoms with E-state index in [4.69, 9.17) is 16.2 Å². The first-order valence-corrected chi connectivity index (χ1v) is 4.37. The molecule has 0 spiro atoms.